The van der Waals surface area contributed by atoms with Crippen LogP contribution in [0.3, 0.4) is 0 Å². The van der Waals surface area contributed by atoms with Crippen LogP contribution in [0.5, 0.6) is 0 Å². The number of carbonyl (C=O) groups excluding carboxylic acids is 1. The lowest BCUT2D eigenvalue weighted by molar-refractivity contribution is 0.102. The van der Waals surface area contributed by atoms with Crippen molar-refractivity contribution in [2.75, 3.05) is 5.32 Å². The Labute approximate surface area is 134 Å². The third-order valence-electron chi connectivity index (χ3n) is 3.39. The molecular weight excluding hydrogens is 326 g/mol. The first-order valence-electron chi connectivity index (χ1n) is 6.98. The highest BCUT2D eigenvalue weighted by Crippen LogP contribution is 2.27. The van der Waals surface area contributed by atoms with E-state index in [-0.39, 0.29) is 11.3 Å². The summed E-state index contributed by atoms with van der Waals surface area (Å²) in [7, 11) is 0. The van der Waals surface area contributed by atoms with E-state index in [1.807, 2.05) is 48.5 Å². The lowest BCUT2D eigenvalue weighted by atomic mass is 9.83. The molecule has 110 valence electrons. The van der Waals surface area contributed by atoms with E-state index in [0.29, 0.717) is 5.33 Å². The van der Waals surface area contributed by atoms with Crippen molar-refractivity contribution in [3.63, 3.8) is 0 Å². The molecule has 0 aliphatic heterocycles. The molecule has 0 saturated carbocycles. The van der Waals surface area contributed by atoms with E-state index in [1.54, 1.807) is 0 Å². The topological polar surface area (TPSA) is 29.1 Å². The maximum atomic E-state index is 12.6. The molecule has 1 amide bonds. The van der Waals surface area contributed by atoms with Gasteiger partial charge in [-0.25, -0.2) is 0 Å². The maximum absolute atomic E-state index is 12.6. The Bertz CT molecular complexity index is 644. The normalized spacial score (nSPS) is 11.2. The van der Waals surface area contributed by atoms with Crippen LogP contribution >= 0.6 is 15.9 Å². The first-order valence-corrected chi connectivity index (χ1v) is 8.10. The van der Waals surface area contributed by atoms with E-state index in [2.05, 4.69) is 42.0 Å². The summed E-state index contributed by atoms with van der Waals surface area (Å²) in [6, 6.07) is 15.6. The molecule has 0 spiro atoms. The zero-order valence-corrected chi connectivity index (χ0v) is 14.2. The van der Waals surface area contributed by atoms with Gasteiger partial charge in [-0.1, -0.05) is 73.1 Å². The molecular formula is C18H20BrNO. The molecule has 2 nitrogen and oxygen atoms in total. The van der Waals surface area contributed by atoms with Gasteiger partial charge in [0.25, 0.3) is 5.91 Å². The van der Waals surface area contributed by atoms with Gasteiger partial charge >= 0.3 is 0 Å². The predicted molar refractivity (Wildman–Crippen MR) is 92.2 cm³/mol. The summed E-state index contributed by atoms with van der Waals surface area (Å²) in [5.74, 6) is -0.0612. The Morgan fingerprint density at radius 2 is 1.67 bits per heavy atom. The number of anilines is 1. The summed E-state index contributed by atoms with van der Waals surface area (Å²) in [6.45, 7) is 6.35. The van der Waals surface area contributed by atoms with E-state index in [9.17, 15) is 4.79 Å². The average Bonchev–Trinajstić information content (AvgIpc) is 2.47. The van der Waals surface area contributed by atoms with Gasteiger partial charge < -0.3 is 5.32 Å². The Balaban J connectivity index is 2.34. The highest BCUT2D eigenvalue weighted by Gasteiger charge is 2.21. The van der Waals surface area contributed by atoms with Crippen molar-refractivity contribution in [2.45, 2.75) is 31.5 Å². The molecule has 2 aromatic rings. The van der Waals surface area contributed by atoms with Gasteiger partial charge in [0.1, 0.15) is 0 Å². The van der Waals surface area contributed by atoms with Crippen LogP contribution in [-0.4, -0.2) is 5.91 Å². The fourth-order valence-corrected chi connectivity index (χ4v) is 2.77. The van der Waals surface area contributed by atoms with E-state index >= 15 is 0 Å². The molecule has 2 rings (SSSR count). The molecule has 0 heterocycles. The van der Waals surface area contributed by atoms with Crippen LogP contribution in [0.2, 0.25) is 0 Å². The summed E-state index contributed by atoms with van der Waals surface area (Å²) >= 11 is 3.45. The third kappa shape index (κ3) is 3.73. The van der Waals surface area contributed by atoms with E-state index in [1.165, 1.54) is 0 Å². The van der Waals surface area contributed by atoms with Crippen LogP contribution in [0.4, 0.5) is 5.69 Å². The second kappa shape index (κ2) is 6.44. The molecule has 2 aromatic carbocycles. The van der Waals surface area contributed by atoms with Crippen molar-refractivity contribution in [3.05, 3.63) is 65.2 Å². The molecule has 1 N–H and O–H groups in total. The van der Waals surface area contributed by atoms with Gasteiger partial charge in [-0.3, -0.25) is 4.79 Å². The molecule has 0 fully saturated rings. The summed E-state index contributed by atoms with van der Waals surface area (Å²) in [6.07, 6.45) is 0. The number of halogens is 1. The highest BCUT2D eigenvalue weighted by molar-refractivity contribution is 9.08. The van der Waals surface area contributed by atoms with Gasteiger partial charge in [-0.05, 0) is 28.7 Å². The Kier molecular flexibility index (Phi) is 4.84. The third-order valence-corrected chi connectivity index (χ3v) is 3.99. The minimum atomic E-state index is -0.0666. The number of hydrogen-bond donors (Lipinski definition) is 1. The van der Waals surface area contributed by atoms with E-state index in [4.69, 9.17) is 0 Å². The quantitative estimate of drug-likeness (QED) is 0.767. The van der Waals surface area contributed by atoms with E-state index in [0.717, 1.165) is 22.4 Å². The molecule has 0 aliphatic rings. The van der Waals surface area contributed by atoms with Crippen LogP contribution in [0.15, 0.2) is 48.5 Å². The van der Waals surface area contributed by atoms with Crippen molar-refractivity contribution < 1.29 is 4.79 Å². The molecule has 0 unspecified atom stereocenters. The summed E-state index contributed by atoms with van der Waals surface area (Å²) < 4.78 is 0. The van der Waals surface area contributed by atoms with E-state index < -0.39 is 0 Å². The standard InChI is InChI=1S/C18H20BrNO/c1-18(2,3)15-10-6-5-9-14(15)17(21)20-16-11-7-4-8-13(16)12-19/h4-11H,12H2,1-3H3,(H,20,21). The van der Waals surface area contributed by atoms with Crippen LogP contribution in [0.1, 0.15) is 42.3 Å². The van der Waals surface area contributed by atoms with Gasteiger partial charge in [0.05, 0.1) is 0 Å². The minimum Gasteiger partial charge on any atom is -0.322 e. The Morgan fingerprint density at radius 3 is 2.33 bits per heavy atom. The van der Waals surface area contributed by atoms with Gasteiger partial charge in [-0.2, -0.15) is 0 Å². The first-order chi connectivity index (χ1) is 9.93. The highest BCUT2D eigenvalue weighted by atomic mass is 79.9. The van der Waals surface area contributed by atoms with Gasteiger partial charge in [0.2, 0.25) is 0 Å². The first kappa shape index (κ1) is 15.8. The second-order valence-corrected chi connectivity index (χ2v) is 6.60. The fourth-order valence-electron chi connectivity index (χ4n) is 2.28. The number of rotatable bonds is 3. The molecule has 0 bridgehead atoms. The fraction of sp³-hybridized carbons (Fsp3) is 0.278. The van der Waals surface area contributed by atoms with Crippen LogP contribution in [-0.2, 0) is 10.7 Å². The van der Waals surface area contributed by atoms with Gasteiger partial charge in [0.15, 0.2) is 0 Å². The minimum absolute atomic E-state index is 0.0612. The molecule has 0 aromatic heterocycles. The number of nitrogens with one attached hydrogen (secondary N) is 1. The molecule has 0 atom stereocenters. The zero-order chi connectivity index (χ0) is 15.5. The summed E-state index contributed by atoms with van der Waals surface area (Å²) in [4.78, 5) is 12.6. The molecule has 0 radical (unpaired) electrons. The SMILES string of the molecule is CC(C)(C)c1ccccc1C(=O)Nc1ccccc1CBr. The number of carbonyl (C=O) groups is 1. The average molecular weight is 346 g/mol. The monoisotopic (exact) mass is 345 g/mol. The molecule has 3 heteroatoms. The smallest absolute Gasteiger partial charge is 0.255 e. The predicted octanol–water partition coefficient (Wildman–Crippen LogP) is 5.13. The van der Waals surface area contributed by atoms with Crippen LogP contribution in [0, 0.1) is 0 Å². The number of alkyl halides is 1. The Morgan fingerprint density at radius 1 is 1.05 bits per heavy atom. The summed E-state index contributed by atoms with van der Waals surface area (Å²) in [5.41, 5.74) is 3.64. The number of benzene rings is 2. The largest absolute Gasteiger partial charge is 0.322 e. The second-order valence-electron chi connectivity index (χ2n) is 6.04. The number of hydrogen-bond acceptors (Lipinski definition) is 1. The Hall–Kier alpha value is -1.61. The molecule has 0 aliphatic carbocycles. The number of amides is 1. The number of para-hydroxylation sites is 1. The molecule has 21 heavy (non-hydrogen) atoms. The lowest BCUT2D eigenvalue weighted by Crippen LogP contribution is -2.21. The van der Waals surface area contributed by atoms with Crippen molar-refractivity contribution in [1.29, 1.82) is 0 Å². The van der Waals surface area contributed by atoms with Crippen LogP contribution < -0.4 is 5.32 Å². The van der Waals surface area contributed by atoms with Crippen LogP contribution in [0.25, 0.3) is 0 Å². The lowest BCUT2D eigenvalue weighted by Gasteiger charge is -2.22. The van der Waals surface area contributed by atoms with Crippen molar-refractivity contribution in [1.82, 2.24) is 0 Å². The zero-order valence-electron chi connectivity index (χ0n) is 12.6. The van der Waals surface area contributed by atoms with Gasteiger partial charge in [0, 0.05) is 16.6 Å². The summed E-state index contributed by atoms with van der Waals surface area (Å²) in [5, 5.41) is 3.73. The van der Waals surface area contributed by atoms with Crippen molar-refractivity contribution >= 4 is 27.5 Å². The maximum Gasteiger partial charge on any atom is 0.255 e. The van der Waals surface area contributed by atoms with Crippen molar-refractivity contribution in [2.24, 2.45) is 0 Å². The van der Waals surface area contributed by atoms with Crippen molar-refractivity contribution in [3.8, 4) is 0 Å². The molecule has 0 saturated heterocycles. The van der Waals surface area contributed by atoms with Gasteiger partial charge in [-0.15, -0.1) is 0 Å².